The van der Waals surface area contributed by atoms with Gasteiger partial charge in [-0.3, -0.25) is 4.79 Å². The van der Waals surface area contributed by atoms with Gasteiger partial charge in [-0.05, 0) is 31.2 Å². The number of amides is 1. The highest BCUT2D eigenvalue weighted by atomic mass is 35.5. The lowest BCUT2D eigenvalue weighted by atomic mass is 10.2. The summed E-state index contributed by atoms with van der Waals surface area (Å²) in [7, 11) is 1.77. The van der Waals surface area contributed by atoms with E-state index < -0.39 is 0 Å². The quantitative estimate of drug-likeness (QED) is 0.676. The summed E-state index contributed by atoms with van der Waals surface area (Å²) in [6.07, 6.45) is 1.53. The first kappa shape index (κ1) is 14.9. The van der Waals surface area contributed by atoms with Crippen LogP contribution in [0.25, 0.3) is 10.2 Å². The fourth-order valence-corrected chi connectivity index (χ4v) is 3.39. The van der Waals surface area contributed by atoms with Gasteiger partial charge in [0.1, 0.15) is 10.2 Å². The molecule has 4 nitrogen and oxygen atoms in total. The van der Waals surface area contributed by atoms with Gasteiger partial charge in [-0.15, -0.1) is 11.3 Å². The summed E-state index contributed by atoms with van der Waals surface area (Å²) in [6.45, 7) is 1.97. The van der Waals surface area contributed by atoms with Crippen LogP contribution in [0.5, 0.6) is 0 Å². The number of carbonyl (C=O) groups excluding carboxylic acids is 1. The van der Waals surface area contributed by atoms with Crippen LogP contribution in [-0.2, 0) is 0 Å². The number of carbonyl (C=O) groups is 1. The number of benzene rings is 1. The molecule has 0 saturated carbocycles. The minimum atomic E-state index is -0.114. The highest BCUT2D eigenvalue weighted by Gasteiger charge is 2.22. The molecule has 2 aromatic heterocycles. The maximum Gasteiger partial charge on any atom is 0.254 e. The van der Waals surface area contributed by atoms with Crippen molar-refractivity contribution in [1.29, 1.82) is 0 Å². The molecule has 0 N–H and O–H groups in total. The molecule has 0 aliphatic heterocycles. The Bertz CT molecular complexity index is 800. The van der Waals surface area contributed by atoms with E-state index in [1.165, 1.54) is 6.20 Å². The zero-order valence-corrected chi connectivity index (χ0v) is 13.7. The maximum absolute atomic E-state index is 12.5. The largest absolute Gasteiger partial charge is 0.333 e. The van der Waals surface area contributed by atoms with Crippen LogP contribution in [0, 0.1) is 0 Å². The monoisotopic (exact) mass is 331 g/mol. The third kappa shape index (κ3) is 2.82. The Balaban J connectivity index is 1.87. The van der Waals surface area contributed by atoms with E-state index >= 15 is 0 Å². The van der Waals surface area contributed by atoms with Crippen LogP contribution in [0.4, 0.5) is 0 Å². The van der Waals surface area contributed by atoms with Crippen LogP contribution < -0.4 is 0 Å². The van der Waals surface area contributed by atoms with Crippen molar-refractivity contribution in [3.8, 4) is 0 Å². The van der Waals surface area contributed by atoms with Gasteiger partial charge >= 0.3 is 0 Å². The number of pyridine rings is 1. The van der Waals surface area contributed by atoms with E-state index in [9.17, 15) is 4.79 Å². The van der Waals surface area contributed by atoms with Gasteiger partial charge in [0, 0.05) is 18.8 Å². The Hall–Kier alpha value is -1.98. The molecule has 0 unspecified atom stereocenters. The molecule has 6 heteroatoms. The molecule has 0 spiro atoms. The van der Waals surface area contributed by atoms with Gasteiger partial charge in [0.15, 0.2) is 0 Å². The van der Waals surface area contributed by atoms with Crippen molar-refractivity contribution in [1.82, 2.24) is 14.9 Å². The van der Waals surface area contributed by atoms with Gasteiger partial charge in [0.2, 0.25) is 0 Å². The molecule has 0 fully saturated rings. The number of hydrogen-bond acceptors (Lipinski definition) is 4. The fourth-order valence-electron chi connectivity index (χ4n) is 2.15. The summed E-state index contributed by atoms with van der Waals surface area (Å²) in [5.74, 6) is -0.101. The first-order chi connectivity index (χ1) is 10.6. The third-order valence-electron chi connectivity index (χ3n) is 3.54. The Morgan fingerprint density at radius 1 is 1.32 bits per heavy atom. The van der Waals surface area contributed by atoms with Crippen LogP contribution >= 0.6 is 22.9 Å². The minimum absolute atomic E-state index is 0.101. The summed E-state index contributed by atoms with van der Waals surface area (Å²) in [5, 5.41) is 1.23. The second-order valence-corrected chi connectivity index (χ2v) is 6.43. The Morgan fingerprint density at radius 2 is 2.09 bits per heavy atom. The molecule has 0 radical (unpaired) electrons. The molecular formula is C16H14ClN3OS. The number of para-hydroxylation sites is 1. The predicted octanol–water partition coefficient (Wildman–Crippen LogP) is 4.18. The van der Waals surface area contributed by atoms with Gasteiger partial charge in [0.25, 0.3) is 5.91 Å². The minimum Gasteiger partial charge on any atom is -0.333 e. The normalized spacial score (nSPS) is 12.3. The fraction of sp³-hybridized carbons (Fsp3) is 0.188. The number of halogens is 1. The topological polar surface area (TPSA) is 46.1 Å². The molecule has 0 aliphatic rings. The van der Waals surface area contributed by atoms with Crippen molar-refractivity contribution < 1.29 is 4.79 Å². The highest BCUT2D eigenvalue weighted by Crippen LogP contribution is 2.29. The summed E-state index contributed by atoms with van der Waals surface area (Å²) in [6, 6.07) is 11.1. The average molecular weight is 332 g/mol. The highest BCUT2D eigenvalue weighted by molar-refractivity contribution is 7.18. The van der Waals surface area contributed by atoms with Crippen LogP contribution in [-0.4, -0.2) is 27.8 Å². The number of aromatic nitrogens is 2. The standard InChI is InChI=1S/C16H14ClN3OS/c1-10(15-19-12-5-3-4-6-13(12)22-15)20(2)16(21)11-7-8-18-14(17)9-11/h3-10H,1-2H3/t10-/m1/s1. The summed E-state index contributed by atoms with van der Waals surface area (Å²) < 4.78 is 1.12. The molecule has 0 aliphatic carbocycles. The van der Waals surface area contributed by atoms with Crippen molar-refractivity contribution in [2.45, 2.75) is 13.0 Å². The van der Waals surface area contributed by atoms with Crippen molar-refractivity contribution in [3.63, 3.8) is 0 Å². The number of fused-ring (bicyclic) bond motifs is 1. The van der Waals surface area contributed by atoms with Gasteiger partial charge in [-0.1, -0.05) is 23.7 Å². The molecule has 1 amide bonds. The van der Waals surface area contributed by atoms with Gasteiger partial charge in [0.05, 0.1) is 16.3 Å². The van der Waals surface area contributed by atoms with Crippen LogP contribution in [0.15, 0.2) is 42.6 Å². The van der Waals surface area contributed by atoms with E-state index in [0.29, 0.717) is 10.7 Å². The first-order valence-corrected chi connectivity index (χ1v) is 8.00. The Morgan fingerprint density at radius 3 is 2.82 bits per heavy atom. The lowest BCUT2D eigenvalue weighted by molar-refractivity contribution is 0.0742. The molecule has 3 aromatic rings. The number of hydrogen-bond donors (Lipinski definition) is 0. The molecule has 22 heavy (non-hydrogen) atoms. The van der Waals surface area contributed by atoms with Crippen LogP contribution in [0.1, 0.15) is 28.3 Å². The molecule has 1 atom stereocenters. The van der Waals surface area contributed by atoms with E-state index in [2.05, 4.69) is 9.97 Å². The Labute approximate surface area is 137 Å². The molecule has 0 saturated heterocycles. The number of rotatable bonds is 3. The van der Waals surface area contributed by atoms with E-state index in [0.717, 1.165) is 15.2 Å². The second-order valence-electron chi connectivity index (χ2n) is 4.98. The predicted molar refractivity (Wildman–Crippen MR) is 89.4 cm³/mol. The number of nitrogens with zero attached hydrogens (tertiary/aromatic N) is 3. The van der Waals surface area contributed by atoms with Crippen molar-refractivity contribution >= 4 is 39.1 Å². The smallest absolute Gasteiger partial charge is 0.254 e. The molecule has 112 valence electrons. The van der Waals surface area contributed by atoms with Gasteiger partial charge in [-0.2, -0.15) is 0 Å². The van der Waals surface area contributed by atoms with E-state index in [1.54, 1.807) is 35.4 Å². The number of thiazole rings is 1. The lowest BCUT2D eigenvalue weighted by Crippen LogP contribution is -2.29. The third-order valence-corrected chi connectivity index (χ3v) is 4.96. The Kier molecular flexibility index (Phi) is 4.09. The maximum atomic E-state index is 12.5. The van der Waals surface area contributed by atoms with Crippen LogP contribution in [0.3, 0.4) is 0 Å². The zero-order valence-electron chi connectivity index (χ0n) is 12.2. The van der Waals surface area contributed by atoms with Gasteiger partial charge < -0.3 is 4.90 Å². The average Bonchev–Trinajstić information content (AvgIpc) is 2.96. The van der Waals surface area contributed by atoms with E-state index in [1.807, 2.05) is 31.2 Å². The molecular weight excluding hydrogens is 318 g/mol. The molecule has 3 rings (SSSR count). The summed E-state index contributed by atoms with van der Waals surface area (Å²) >= 11 is 7.46. The SMILES string of the molecule is C[C@H](c1nc2ccccc2s1)N(C)C(=O)c1ccnc(Cl)c1. The summed E-state index contributed by atoms with van der Waals surface area (Å²) in [5.41, 5.74) is 1.48. The first-order valence-electron chi connectivity index (χ1n) is 6.80. The van der Waals surface area contributed by atoms with Crippen molar-refractivity contribution in [3.05, 3.63) is 58.3 Å². The van der Waals surface area contributed by atoms with Crippen molar-refractivity contribution in [2.75, 3.05) is 7.05 Å². The molecule has 0 bridgehead atoms. The second kappa shape index (κ2) is 6.02. The van der Waals surface area contributed by atoms with E-state index in [4.69, 9.17) is 11.6 Å². The van der Waals surface area contributed by atoms with Gasteiger partial charge in [-0.25, -0.2) is 9.97 Å². The molecule has 2 heterocycles. The van der Waals surface area contributed by atoms with Crippen LogP contribution in [0.2, 0.25) is 5.15 Å². The van der Waals surface area contributed by atoms with E-state index in [-0.39, 0.29) is 11.9 Å². The zero-order chi connectivity index (χ0) is 15.7. The molecule has 1 aromatic carbocycles. The lowest BCUT2D eigenvalue weighted by Gasteiger charge is -2.23. The summed E-state index contributed by atoms with van der Waals surface area (Å²) in [4.78, 5) is 22.7. The van der Waals surface area contributed by atoms with Crippen molar-refractivity contribution in [2.24, 2.45) is 0 Å².